The molecule has 4 N–H and O–H groups in total. The van der Waals surface area contributed by atoms with Gasteiger partial charge >= 0.3 is 5.69 Å². The molecule has 0 unspecified atom stereocenters. The first-order valence-electron chi connectivity index (χ1n) is 5.84. The largest absolute Gasteiger partial charge is 0.378 e. The van der Waals surface area contributed by atoms with E-state index in [0.29, 0.717) is 5.69 Å². The standard InChI is InChI=1S/C12H14N6O2/c1-7-3-5-8(6-4-7)15-11-9(18(19)20)10(13)16-12(14-2)17-11/h3-6H,1-2H3,(H4,13,14,15,16,17). The van der Waals surface area contributed by atoms with E-state index in [1.807, 2.05) is 19.1 Å². The highest BCUT2D eigenvalue weighted by Gasteiger charge is 2.22. The molecule has 1 aromatic heterocycles. The highest BCUT2D eigenvalue weighted by Crippen LogP contribution is 2.31. The van der Waals surface area contributed by atoms with Gasteiger partial charge < -0.3 is 16.4 Å². The molecule has 1 aromatic carbocycles. The molecule has 0 saturated heterocycles. The van der Waals surface area contributed by atoms with Crippen molar-refractivity contribution in [1.29, 1.82) is 0 Å². The number of nitrogens with zero attached hydrogens (tertiary/aromatic N) is 3. The fourth-order valence-electron chi connectivity index (χ4n) is 1.62. The minimum Gasteiger partial charge on any atom is -0.378 e. The van der Waals surface area contributed by atoms with Crippen LogP contribution in [0.1, 0.15) is 5.56 Å². The molecule has 0 atom stereocenters. The minimum atomic E-state index is -0.606. The van der Waals surface area contributed by atoms with Crippen LogP contribution in [0.2, 0.25) is 0 Å². The predicted molar refractivity (Wildman–Crippen MR) is 77.1 cm³/mol. The lowest BCUT2D eigenvalue weighted by atomic mass is 10.2. The van der Waals surface area contributed by atoms with Gasteiger partial charge in [-0.3, -0.25) is 10.1 Å². The lowest BCUT2D eigenvalue weighted by Gasteiger charge is -2.09. The number of aryl methyl sites for hydroxylation is 1. The van der Waals surface area contributed by atoms with Gasteiger partial charge in [0.15, 0.2) is 0 Å². The highest BCUT2D eigenvalue weighted by molar-refractivity contribution is 5.74. The number of nitrogens with one attached hydrogen (secondary N) is 2. The first-order valence-corrected chi connectivity index (χ1v) is 5.84. The summed E-state index contributed by atoms with van der Waals surface area (Å²) in [7, 11) is 1.61. The molecule has 0 saturated carbocycles. The zero-order valence-electron chi connectivity index (χ0n) is 11.0. The molecule has 0 radical (unpaired) electrons. The Labute approximate surface area is 115 Å². The zero-order chi connectivity index (χ0) is 14.7. The van der Waals surface area contributed by atoms with Crippen LogP contribution in [0.3, 0.4) is 0 Å². The van der Waals surface area contributed by atoms with Gasteiger partial charge in [0.1, 0.15) is 0 Å². The van der Waals surface area contributed by atoms with Crippen LogP contribution in [0.4, 0.5) is 29.0 Å². The SMILES string of the molecule is CNc1nc(N)c([N+](=O)[O-])c(Nc2ccc(C)cc2)n1. The Morgan fingerprint density at radius 2 is 1.90 bits per heavy atom. The van der Waals surface area contributed by atoms with E-state index in [-0.39, 0.29) is 23.3 Å². The fourth-order valence-corrected chi connectivity index (χ4v) is 1.62. The average molecular weight is 274 g/mol. The zero-order valence-corrected chi connectivity index (χ0v) is 11.0. The van der Waals surface area contributed by atoms with Crippen LogP contribution in [0, 0.1) is 17.0 Å². The van der Waals surface area contributed by atoms with E-state index in [0.717, 1.165) is 5.56 Å². The van der Waals surface area contributed by atoms with E-state index in [1.165, 1.54) is 0 Å². The molecule has 20 heavy (non-hydrogen) atoms. The Balaban J connectivity index is 2.45. The average Bonchev–Trinajstić information content (AvgIpc) is 2.40. The molecule has 0 amide bonds. The van der Waals surface area contributed by atoms with Crippen molar-refractivity contribution in [1.82, 2.24) is 9.97 Å². The molecule has 2 rings (SSSR count). The molecule has 0 bridgehead atoms. The molecule has 0 aliphatic carbocycles. The van der Waals surface area contributed by atoms with Gasteiger partial charge in [-0.1, -0.05) is 17.7 Å². The van der Waals surface area contributed by atoms with Gasteiger partial charge in [0.05, 0.1) is 4.92 Å². The van der Waals surface area contributed by atoms with Crippen LogP contribution in [0.25, 0.3) is 0 Å². The first kappa shape index (κ1) is 13.5. The minimum absolute atomic E-state index is 0.0516. The number of nitro groups is 1. The normalized spacial score (nSPS) is 10.1. The maximum absolute atomic E-state index is 11.1. The van der Waals surface area contributed by atoms with Crippen molar-refractivity contribution in [2.75, 3.05) is 23.4 Å². The molecule has 0 aliphatic heterocycles. The molecule has 0 fully saturated rings. The molecule has 2 aromatic rings. The number of anilines is 4. The highest BCUT2D eigenvalue weighted by atomic mass is 16.6. The third-order valence-electron chi connectivity index (χ3n) is 2.63. The summed E-state index contributed by atoms with van der Waals surface area (Å²) in [5.74, 6) is 0.0716. The summed E-state index contributed by atoms with van der Waals surface area (Å²) in [6.07, 6.45) is 0. The maximum atomic E-state index is 11.1. The van der Waals surface area contributed by atoms with Crippen LogP contribution < -0.4 is 16.4 Å². The van der Waals surface area contributed by atoms with Gasteiger partial charge in [0.2, 0.25) is 17.6 Å². The van der Waals surface area contributed by atoms with Gasteiger partial charge in [0, 0.05) is 12.7 Å². The van der Waals surface area contributed by atoms with E-state index in [4.69, 9.17) is 5.73 Å². The van der Waals surface area contributed by atoms with Gasteiger partial charge in [0.25, 0.3) is 0 Å². The molecular formula is C12H14N6O2. The van der Waals surface area contributed by atoms with Crippen LogP contribution >= 0.6 is 0 Å². The van der Waals surface area contributed by atoms with E-state index in [9.17, 15) is 10.1 Å². The number of benzene rings is 1. The van der Waals surface area contributed by atoms with Crippen LogP contribution in [0.5, 0.6) is 0 Å². The van der Waals surface area contributed by atoms with Crippen LogP contribution in [-0.4, -0.2) is 21.9 Å². The summed E-state index contributed by atoms with van der Waals surface area (Å²) in [6, 6.07) is 7.38. The molecule has 8 nitrogen and oxygen atoms in total. The first-order chi connectivity index (χ1) is 9.51. The summed E-state index contributed by atoms with van der Waals surface area (Å²) in [5.41, 5.74) is 7.03. The second kappa shape index (κ2) is 5.39. The Morgan fingerprint density at radius 1 is 1.25 bits per heavy atom. The van der Waals surface area contributed by atoms with E-state index < -0.39 is 4.92 Å². The van der Waals surface area contributed by atoms with Crippen LogP contribution in [0.15, 0.2) is 24.3 Å². The number of hydrogen-bond donors (Lipinski definition) is 3. The topological polar surface area (TPSA) is 119 Å². The Kier molecular flexibility index (Phi) is 3.65. The molecule has 1 heterocycles. The number of hydrogen-bond acceptors (Lipinski definition) is 7. The molecule has 8 heteroatoms. The summed E-state index contributed by atoms with van der Waals surface area (Å²) in [6.45, 7) is 1.95. The Morgan fingerprint density at radius 3 is 2.45 bits per heavy atom. The van der Waals surface area contributed by atoms with Crippen molar-refractivity contribution in [3.63, 3.8) is 0 Å². The smallest absolute Gasteiger partial charge is 0.353 e. The van der Waals surface area contributed by atoms with Crippen molar-refractivity contribution in [2.45, 2.75) is 6.92 Å². The van der Waals surface area contributed by atoms with Crippen molar-refractivity contribution >= 4 is 29.0 Å². The predicted octanol–water partition coefficient (Wildman–Crippen LogP) is 2.06. The molecular weight excluding hydrogens is 260 g/mol. The summed E-state index contributed by atoms with van der Waals surface area (Å²) < 4.78 is 0. The number of nitrogens with two attached hydrogens (primary N) is 1. The molecule has 0 spiro atoms. The van der Waals surface area contributed by atoms with E-state index >= 15 is 0 Å². The quantitative estimate of drug-likeness (QED) is 0.576. The maximum Gasteiger partial charge on any atom is 0.353 e. The fraction of sp³-hybridized carbons (Fsp3) is 0.167. The number of rotatable bonds is 4. The molecule has 104 valence electrons. The van der Waals surface area contributed by atoms with Crippen molar-refractivity contribution in [2.24, 2.45) is 0 Å². The van der Waals surface area contributed by atoms with E-state index in [1.54, 1.807) is 19.2 Å². The third-order valence-corrected chi connectivity index (χ3v) is 2.63. The Hall–Kier alpha value is -2.90. The lowest BCUT2D eigenvalue weighted by molar-refractivity contribution is -0.383. The second-order valence-electron chi connectivity index (χ2n) is 4.13. The van der Waals surface area contributed by atoms with Gasteiger partial charge in [-0.05, 0) is 19.1 Å². The summed E-state index contributed by atoms with van der Waals surface area (Å²) >= 11 is 0. The monoisotopic (exact) mass is 274 g/mol. The summed E-state index contributed by atoms with van der Waals surface area (Å²) in [5, 5.41) is 16.7. The van der Waals surface area contributed by atoms with Crippen molar-refractivity contribution < 1.29 is 4.92 Å². The number of nitrogen functional groups attached to an aromatic ring is 1. The van der Waals surface area contributed by atoms with Gasteiger partial charge in [-0.25, -0.2) is 0 Å². The van der Waals surface area contributed by atoms with Crippen LogP contribution in [-0.2, 0) is 0 Å². The lowest BCUT2D eigenvalue weighted by Crippen LogP contribution is -2.08. The molecule has 0 aliphatic rings. The number of aromatic nitrogens is 2. The van der Waals surface area contributed by atoms with E-state index in [2.05, 4.69) is 20.6 Å². The third kappa shape index (κ3) is 2.74. The van der Waals surface area contributed by atoms with Crippen molar-refractivity contribution in [3.8, 4) is 0 Å². The van der Waals surface area contributed by atoms with Gasteiger partial charge in [-0.2, -0.15) is 9.97 Å². The second-order valence-corrected chi connectivity index (χ2v) is 4.13. The van der Waals surface area contributed by atoms with Crippen molar-refractivity contribution in [3.05, 3.63) is 39.9 Å². The summed E-state index contributed by atoms with van der Waals surface area (Å²) in [4.78, 5) is 18.3. The van der Waals surface area contributed by atoms with Gasteiger partial charge in [-0.15, -0.1) is 0 Å². The Bertz CT molecular complexity index is 641.